The van der Waals surface area contributed by atoms with Crippen LogP contribution in [0.2, 0.25) is 5.02 Å². The summed E-state index contributed by atoms with van der Waals surface area (Å²) in [4.78, 5) is 4.05. The van der Waals surface area contributed by atoms with Crippen LogP contribution in [0.4, 0.5) is 5.82 Å². The molecule has 0 fully saturated rings. The molecule has 2 aromatic rings. The van der Waals surface area contributed by atoms with E-state index in [2.05, 4.69) is 10.4 Å². The Morgan fingerprint density at radius 2 is 2.10 bits per heavy atom. The molecular formula is C14H17ClN4O. The zero-order valence-corrected chi connectivity index (χ0v) is 12.1. The highest BCUT2D eigenvalue weighted by Crippen LogP contribution is 2.29. The summed E-state index contributed by atoms with van der Waals surface area (Å²) in [5, 5.41) is 0.514. The number of methoxy groups -OCH3 is 1. The molecule has 5 N–H and O–H groups in total. The minimum absolute atomic E-state index is 0.286. The number of ether oxygens (including phenoxy) is 1. The van der Waals surface area contributed by atoms with Crippen LogP contribution in [0.3, 0.4) is 0 Å². The standard InChI is InChI=1S/C14H17ClN4O/c1-8-5-9(3-4-12(8)20-2)13(19-17)11-6-10(15)7-18-14(11)16/h3-7,13,19H,17H2,1-2H3,(H2,16,18). The summed E-state index contributed by atoms with van der Waals surface area (Å²) in [7, 11) is 1.64. The Bertz CT molecular complexity index is 618. The first-order valence-electron chi connectivity index (χ1n) is 6.08. The molecule has 1 heterocycles. The van der Waals surface area contributed by atoms with Gasteiger partial charge in [-0.1, -0.05) is 23.7 Å². The number of aromatic nitrogens is 1. The van der Waals surface area contributed by atoms with Crippen LogP contribution in [-0.2, 0) is 0 Å². The third kappa shape index (κ3) is 2.85. The van der Waals surface area contributed by atoms with Crippen molar-refractivity contribution in [2.75, 3.05) is 12.8 Å². The van der Waals surface area contributed by atoms with E-state index in [1.165, 1.54) is 6.20 Å². The van der Waals surface area contributed by atoms with Crippen LogP contribution in [0.25, 0.3) is 0 Å². The van der Waals surface area contributed by atoms with Crippen molar-refractivity contribution in [1.29, 1.82) is 0 Å². The molecule has 1 unspecified atom stereocenters. The first kappa shape index (κ1) is 14.6. The number of nitrogens with zero attached hydrogens (tertiary/aromatic N) is 1. The molecule has 0 saturated carbocycles. The van der Waals surface area contributed by atoms with Crippen LogP contribution in [0.5, 0.6) is 5.75 Å². The van der Waals surface area contributed by atoms with Gasteiger partial charge >= 0.3 is 0 Å². The highest BCUT2D eigenvalue weighted by molar-refractivity contribution is 6.30. The molecule has 1 atom stereocenters. The van der Waals surface area contributed by atoms with Gasteiger partial charge in [0.25, 0.3) is 0 Å². The predicted octanol–water partition coefficient (Wildman–Crippen LogP) is 2.19. The minimum atomic E-state index is -0.286. The van der Waals surface area contributed by atoms with Crippen molar-refractivity contribution in [3.8, 4) is 5.75 Å². The Hall–Kier alpha value is -1.82. The fraction of sp³-hybridized carbons (Fsp3) is 0.214. The number of nitrogen functional groups attached to an aromatic ring is 1. The maximum atomic E-state index is 5.98. The van der Waals surface area contributed by atoms with Gasteiger partial charge in [0.1, 0.15) is 11.6 Å². The summed E-state index contributed by atoms with van der Waals surface area (Å²) in [5.74, 6) is 6.88. The third-order valence-corrected chi connectivity index (χ3v) is 3.35. The van der Waals surface area contributed by atoms with Crippen molar-refractivity contribution >= 4 is 17.4 Å². The Balaban J connectivity index is 2.46. The molecule has 0 spiro atoms. The van der Waals surface area contributed by atoms with Gasteiger partial charge in [0, 0.05) is 11.8 Å². The number of anilines is 1. The lowest BCUT2D eigenvalue weighted by Gasteiger charge is -2.19. The largest absolute Gasteiger partial charge is 0.496 e. The van der Waals surface area contributed by atoms with E-state index < -0.39 is 0 Å². The van der Waals surface area contributed by atoms with Crippen LogP contribution in [0, 0.1) is 6.92 Å². The summed E-state index contributed by atoms with van der Waals surface area (Å²) in [6.45, 7) is 1.97. The lowest BCUT2D eigenvalue weighted by Crippen LogP contribution is -2.29. The van der Waals surface area contributed by atoms with Gasteiger partial charge in [-0.05, 0) is 30.2 Å². The number of halogens is 1. The Labute approximate surface area is 122 Å². The number of hydrogen-bond donors (Lipinski definition) is 3. The van der Waals surface area contributed by atoms with E-state index in [0.29, 0.717) is 10.8 Å². The average molecular weight is 293 g/mol. The quantitative estimate of drug-likeness (QED) is 0.594. The van der Waals surface area contributed by atoms with E-state index in [1.807, 2.05) is 25.1 Å². The molecule has 6 heteroatoms. The van der Waals surface area contributed by atoms with Crippen LogP contribution in [-0.4, -0.2) is 12.1 Å². The van der Waals surface area contributed by atoms with Gasteiger partial charge in [0.05, 0.1) is 18.2 Å². The van der Waals surface area contributed by atoms with Crippen LogP contribution in [0.15, 0.2) is 30.5 Å². The van der Waals surface area contributed by atoms with E-state index in [0.717, 1.165) is 22.4 Å². The van der Waals surface area contributed by atoms with Gasteiger partial charge in [-0.2, -0.15) is 0 Å². The third-order valence-electron chi connectivity index (χ3n) is 3.15. The minimum Gasteiger partial charge on any atom is -0.496 e. The monoisotopic (exact) mass is 292 g/mol. The molecule has 0 bridgehead atoms. The van der Waals surface area contributed by atoms with Gasteiger partial charge in [0.15, 0.2) is 0 Å². The zero-order valence-electron chi connectivity index (χ0n) is 11.4. The number of nitrogens with two attached hydrogens (primary N) is 2. The van der Waals surface area contributed by atoms with Crippen LogP contribution >= 0.6 is 11.6 Å². The normalized spacial score (nSPS) is 12.2. The number of benzene rings is 1. The molecular weight excluding hydrogens is 276 g/mol. The van der Waals surface area contributed by atoms with Crippen LogP contribution < -0.4 is 21.7 Å². The average Bonchev–Trinajstić information content (AvgIpc) is 2.44. The summed E-state index contributed by atoms with van der Waals surface area (Å²) in [6.07, 6.45) is 1.51. The number of pyridine rings is 1. The SMILES string of the molecule is COc1ccc(C(NN)c2cc(Cl)cnc2N)cc1C. The Morgan fingerprint density at radius 1 is 1.35 bits per heavy atom. The molecule has 0 aliphatic rings. The van der Waals surface area contributed by atoms with Gasteiger partial charge in [-0.3, -0.25) is 5.84 Å². The maximum absolute atomic E-state index is 5.98. The predicted molar refractivity (Wildman–Crippen MR) is 80.6 cm³/mol. The van der Waals surface area contributed by atoms with E-state index in [1.54, 1.807) is 13.2 Å². The molecule has 1 aromatic heterocycles. The van der Waals surface area contributed by atoms with Crippen molar-refractivity contribution in [3.05, 3.63) is 52.2 Å². The summed E-state index contributed by atoms with van der Waals surface area (Å²) >= 11 is 5.98. The van der Waals surface area contributed by atoms with E-state index in [-0.39, 0.29) is 6.04 Å². The number of nitrogens with one attached hydrogen (secondary N) is 1. The van der Waals surface area contributed by atoms with Crippen molar-refractivity contribution in [1.82, 2.24) is 10.4 Å². The molecule has 0 amide bonds. The molecule has 106 valence electrons. The fourth-order valence-electron chi connectivity index (χ4n) is 2.14. The summed E-state index contributed by atoms with van der Waals surface area (Å²) in [6, 6.07) is 7.28. The molecule has 20 heavy (non-hydrogen) atoms. The molecule has 1 aromatic carbocycles. The van der Waals surface area contributed by atoms with Gasteiger partial charge in [-0.25, -0.2) is 10.4 Å². The smallest absolute Gasteiger partial charge is 0.128 e. The number of hydrazine groups is 1. The topological polar surface area (TPSA) is 86.2 Å². The fourth-order valence-corrected chi connectivity index (χ4v) is 2.31. The van der Waals surface area contributed by atoms with Gasteiger partial charge in [0.2, 0.25) is 0 Å². The van der Waals surface area contributed by atoms with Crippen LogP contribution in [0.1, 0.15) is 22.7 Å². The molecule has 0 aliphatic heterocycles. The van der Waals surface area contributed by atoms with Crippen molar-refractivity contribution < 1.29 is 4.74 Å². The highest BCUT2D eigenvalue weighted by Gasteiger charge is 2.17. The van der Waals surface area contributed by atoms with E-state index >= 15 is 0 Å². The summed E-state index contributed by atoms with van der Waals surface area (Å²) < 4.78 is 5.25. The maximum Gasteiger partial charge on any atom is 0.128 e. The molecule has 0 saturated heterocycles. The van der Waals surface area contributed by atoms with E-state index in [9.17, 15) is 0 Å². The first-order valence-corrected chi connectivity index (χ1v) is 6.46. The molecule has 2 rings (SSSR count). The zero-order chi connectivity index (χ0) is 14.7. The second-order valence-electron chi connectivity index (χ2n) is 4.46. The molecule has 5 nitrogen and oxygen atoms in total. The number of hydrogen-bond acceptors (Lipinski definition) is 5. The van der Waals surface area contributed by atoms with Gasteiger partial charge < -0.3 is 10.5 Å². The Morgan fingerprint density at radius 3 is 2.70 bits per heavy atom. The van der Waals surface area contributed by atoms with Crippen molar-refractivity contribution in [2.45, 2.75) is 13.0 Å². The number of rotatable bonds is 4. The first-order chi connectivity index (χ1) is 9.56. The lowest BCUT2D eigenvalue weighted by atomic mass is 9.98. The van der Waals surface area contributed by atoms with Crippen molar-refractivity contribution in [3.63, 3.8) is 0 Å². The van der Waals surface area contributed by atoms with E-state index in [4.69, 9.17) is 27.9 Å². The van der Waals surface area contributed by atoms with Crippen molar-refractivity contribution in [2.24, 2.45) is 5.84 Å². The highest BCUT2D eigenvalue weighted by atomic mass is 35.5. The second-order valence-corrected chi connectivity index (χ2v) is 4.89. The number of aryl methyl sites for hydroxylation is 1. The summed E-state index contributed by atoms with van der Waals surface area (Å²) in [5.41, 5.74) is 11.4. The Kier molecular flexibility index (Phi) is 4.44. The molecule has 0 radical (unpaired) electrons. The second kappa shape index (κ2) is 6.09. The van der Waals surface area contributed by atoms with Gasteiger partial charge in [-0.15, -0.1) is 0 Å². The molecule has 0 aliphatic carbocycles. The lowest BCUT2D eigenvalue weighted by molar-refractivity contribution is 0.411.